The largest absolute Gasteiger partial charge is 0.354 e. The zero-order valence-corrected chi connectivity index (χ0v) is 9.96. The maximum atomic E-state index is 11.6. The van der Waals surface area contributed by atoms with Crippen molar-refractivity contribution in [1.82, 2.24) is 5.32 Å². The number of nitrogens with one attached hydrogen (secondary N) is 1. The normalized spacial score (nSPS) is 27.7. The van der Waals surface area contributed by atoms with Gasteiger partial charge >= 0.3 is 0 Å². The first kappa shape index (κ1) is 12.5. The van der Waals surface area contributed by atoms with E-state index in [1.165, 1.54) is 19.3 Å². The van der Waals surface area contributed by atoms with Crippen LogP contribution in [0.25, 0.3) is 0 Å². The topological polar surface area (TPSA) is 55.1 Å². The van der Waals surface area contributed by atoms with Crippen LogP contribution in [0.2, 0.25) is 0 Å². The predicted octanol–water partition coefficient (Wildman–Crippen LogP) is 1.67. The number of carbonyl (C=O) groups excluding carboxylic acids is 1. The van der Waals surface area contributed by atoms with Crippen LogP contribution in [0.3, 0.4) is 0 Å². The fourth-order valence-electron chi connectivity index (χ4n) is 2.33. The lowest BCUT2D eigenvalue weighted by atomic mass is 9.98. The Kier molecular flexibility index (Phi) is 5.09. The maximum absolute atomic E-state index is 11.6. The smallest absolute Gasteiger partial charge is 0.236 e. The van der Waals surface area contributed by atoms with Gasteiger partial charge in [0, 0.05) is 6.54 Å². The van der Waals surface area contributed by atoms with Crippen LogP contribution in [-0.2, 0) is 4.79 Å². The first-order valence-corrected chi connectivity index (χ1v) is 6.18. The van der Waals surface area contributed by atoms with E-state index < -0.39 is 0 Å². The molecule has 0 bridgehead atoms. The van der Waals surface area contributed by atoms with Crippen LogP contribution in [0.15, 0.2) is 0 Å². The summed E-state index contributed by atoms with van der Waals surface area (Å²) in [5.41, 5.74) is 5.74. The zero-order valence-electron chi connectivity index (χ0n) is 9.96. The summed E-state index contributed by atoms with van der Waals surface area (Å²) in [5, 5.41) is 2.98. The van der Waals surface area contributed by atoms with Crippen molar-refractivity contribution in [2.24, 2.45) is 17.6 Å². The van der Waals surface area contributed by atoms with Crippen LogP contribution in [0.4, 0.5) is 0 Å². The van der Waals surface area contributed by atoms with E-state index in [-0.39, 0.29) is 11.9 Å². The molecule has 1 fully saturated rings. The Morgan fingerprint density at radius 2 is 2.27 bits per heavy atom. The molecule has 0 saturated heterocycles. The number of hydrogen-bond donors (Lipinski definition) is 2. The molecule has 3 nitrogen and oxygen atoms in total. The highest BCUT2D eigenvalue weighted by Crippen LogP contribution is 2.30. The Morgan fingerprint density at radius 1 is 1.53 bits per heavy atom. The first-order valence-electron chi connectivity index (χ1n) is 6.18. The molecule has 0 aromatic carbocycles. The summed E-state index contributed by atoms with van der Waals surface area (Å²) in [4.78, 5) is 11.6. The van der Waals surface area contributed by atoms with Crippen molar-refractivity contribution in [1.29, 1.82) is 0 Å². The second-order valence-electron chi connectivity index (χ2n) is 4.81. The Balaban J connectivity index is 2.21. The minimum atomic E-state index is -0.313. The molecular formula is C12H24N2O. The SMILES string of the molecule is CCCC(N)C(=O)NCC1CCCC1C. The summed E-state index contributed by atoms with van der Waals surface area (Å²) in [5.74, 6) is 1.45. The highest BCUT2D eigenvalue weighted by Gasteiger charge is 2.24. The molecule has 1 aliphatic rings. The quantitative estimate of drug-likeness (QED) is 0.728. The average molecular weight is 212 g/mol. The standard InChI is InChI=1S/C12H24N2O/c1-3-5-11(13)12(15)14-8-10-7-4-6-9(10)2/h9-11H,3-8,13H2,1-2H3,(H,14,15). The highest BCUT2D eigenvalue weighted by atomic mass is 16.2. The zero-order chi connectivity index (χ0) is 11.3. The number of carbonyl (C=O) groups is 1. The van der Waals surface area contributed by atoms with Gasteiger partial charge in [0.05, 0.1) is 6.04 Å². The summed E-state index contributed by atoms with van der Waals surface area (Å²) >= 11 is 0. The molecule has 0 spiro atoms. The van der Waals surface area contributed by atoms with Crippen molar-refractivity contribution in [3.8, 4) is 0 Å². The van der Waals surface area contributed by atoms with Crippen LogP contribution in [0, 0.1) is 11.8 Å². The van der Waals surface area contributed by atoms with Crippen LogP contribution in [-0.4, -0.2) is 18.5 Å². The van der Waals surface area contributed by atoms with Crippen molar-refractivity contribution in [2.45, 2.75) is 52.0 Å². The van der Waals surface area contributed by atoms with Crippen LogP contribution in [0.1, 0.15) is 46.0 Å². The fourth-order valence-corrected chi connectivity index (χ4v) is 2.33. The van der Waals surface area contributed by atoms with E-state index in [2.05, 4.69) is 12.2 Å². The highest BCUT2D eigenvalue weighted by molar-refractivity contribution is 5.81. The second-order valence-corrected chi connectivity index (χ2v) is 4.81. The third-order valence-corrected chi connectivity index (χ3v) is 3.51. The molecule has 1 aliphatic carbocycles. The summed E-state index contributed by atoms with van der Waals surface area (Å²) in [6.45, 7) is 5.14. The van der Waals surface area contributed by atoms with E-state index >= 15 is 0 Å². The van der Waals surface area contributed by atoms with Gasteiger partial charge in [-0.1, -0.05) is 33.1 Å². The Labute approximate surface area is 92.8 Å². The minimum absolute atomic E-state index is 0.0240. The molecule has 3 unspecified atom stereocenters. The molecule has 3 atom stereocenters. The van der Waals surface area contributed by atoms with E-state index in [9.17, 15) is 4.79 Å². The van der Waals surface area contributed by atoms with E-state index in [0.717, 1.165) is 25.3 Å². The molecule has 1 saturated carbocycles. The Hall–Kier alpha value is -0.570. The number of rotatable bonds is 5. The number of hydrogen-bond acceptors (Lipinski definition) is 2. The fraction of sp³-hybridized carbons (Fsp3) is 0.917. The van der Waals surface area contributed by atoms with Crippen LogP contribution in [0.5, 0.6) is 0 Å². The molecule has 0 aromatic rings. The minimum Gasteiger partial charge on any atom is -0.354 e. The molecule has 1 amide bonds. The van der Waals surface area contributed by atoms with E-state index in [1.807, 2.05) is 6.92 Å². The Morgan fingerprint density at radius 3 is 2.80 bits per heavy atom. The second kappa shape index (κ2) is 6.11. The van der Waals surface area contributed by atoms with E-state index in [1.54, 1.807) is 0 Å². The van der Waals surface area contributed by atoms with Gasteiger partial charge in [0.25, 0.3) is 0 Å². The summed E-state index contributed by atoms with van der Waals surface area (Å²) < 4.78 is 0. The van der Waals surface area contributed by atoms with Crippen molar-refractivity contribution >= 4 is 5.91 Å². The summed E-state index contributed by atoms with van der Waals surface area (Å²) in [7, 11) is 0. The van der Waals surface area contributed by atoms with Gasteiger partial charge in [-0.25, -0.2) is 0 Å². The van der Waals surface area contributed by atoms with Crippen molar-refractivity contribution in [3.63, 3.8) is 0 Å². The summed E-state index contributed by atoms with van der Waals surface area (Å²) in [6, 6.07) is -0.313. The molecule has 3 N–H and O–H groups in total. The van der Waals surface area contributed by atoms with Crippen molar-refractivity contribution < 1.29 is 4.79 Å². The van der Waals surface area contributed by atoms with Gasteiger partial charge in [-0.05, 0) is 24.7 Å². The molecule has 88 valence electrons. The van der Waals surface area contributed by atoms with Gasteiger partial charge in [-0.3, -0.25) is 4.79 Å². The summed E-state index contributed by atoms with van der Waals surface area (Å²) in [6.07, 6.45) is 5.62. The lowest BCUT2D eigenvalue weighted by Gasteiger charge is -2.17. The molecule has 1 rings (SSSR count). The number of amides is 1. The Bertz CT molecular complexity index is 206. The third kappa shape index (κ3) is 3.82. The van der Waals surface area contributed by atoms with Gasteiger partial charge in [0.2, 0.25) is 5.91 Å². The first-order chi connectivity index (χ1) is 7.15. The van der Waals surface area contributed by atoms with Crippen LogP contribution < -0.4 is 11.1 Å². The number of nitrogens with two attached hydrogens (primary N) is 1. The molecule has 0 aromatic heterocycles. The lowest BCUT2D eigenvalue weighted by Crippen LogP contribution is -2.42. The van der Waals surface area contributed by atoms with Gasteiger partial charge < -0.3 is 11.1 Å². The monoisotopic (exact) mass is 212 g/mol. The van der Waals surface area contributed by atoms with Crippen molar-refractivity contribution in [3.05, 3.63) is 0 Å². The van der Waals surface area contributed by atoms with E-state index in [0.29, 0.717) is 5.92 Å². The predicted molar refractivity (Wildman–Crippen MR) is 62.4 cm³/mol. The van der Waals surface area contributed by atoms with Gasteiger partial charge in [-0.2, -0.15) is 0 Å². The van der Waals surface area contributed by atoms with Gasteiger partial charge in [-0.15, -0.1) is 0 Å². The van der Waals surface area contributed by atoms with Crippen molar-refractivity contribution in [2.75, 3.05) is 6.54 Å². The van der Waals surface area contributed by atoms with Gasteiger partial charge in [0.15, 0.2) is 0 Å². The lowest BCUT2D eigenvalue weighted by molar-refractivity contribution is -0.122. The average Bonchev–Trinajstić information content (AvgIpc) is 2.61. The molecule has 3 heteroatoms. The van der Waals surface area contributed by atoms with Crippen LogP contribution >= 0.6 is 0 Å². The van der Waals surface area contributed by atoms with E-state index in [4.69, 9.17) is 5.73 Å². The molecule has 0 heterocycles. The third-order valence-electron chi connectivity index (χ3n) is 3.51. The molecule has 0 aliphatic heterocycles. The molecule has 0 radical (unpaired) electrons. The molecule has 15 heavy (non-hydrogen) atoms. The molecular weight excluding hydrogens is 188 g/mol. The van der Waals surface area contributed by atoms with Gasteiger partial charge in [0.1, 0.15) is 0 Å². The maximum Gasteiger partial charge on any atom is 0.236 e.